The fraction of sp³-hybridized carbons (Fsp3) is 0.538. The molecule has 1 fully saturated rings. The number of likely N-dealkylation sites (N-methyl/N-ethyl adjacent to an activating group) is 1. The number of ether oxygens (including phenoxy) is 1. The van der Waals surface area contributed by atoms with Crippen LogP contribution in [0, 0.1) is 5.82 Å². The van der Waals surface area contributed by atoms with Crippen LogP contribution in [0.4, 0.5) is 4.39 Å². The smallest absolute Gasteiger partial charge is 0.123 e. The van der Waals surface area contributed by atoms with Crippen molar-refractivity contribution in [1.82, 2.24) is 10.2 Å². The Morgan fingerprint density at radius 3 is 3.00 bits per heavy atom. The van der Waals surface area contributed by atoms with Crippen molar-refractivity contribution in [3.8, 4) is 5.75 Å². The number of hydrogen-bond donors (Lipinski definition) is 1. The predicted octanol–water partition coefficient (Wildman–Crippen LogP) is 1.03. The Kier molecular flexibility index (Phi) is 2.76. The largest absolute Gasteiger partial charge is 0.488 e. The van der Waals surface area contributed by atoms with Gasteiger partial charge in [-0.05, 0) is 25.2 Å². The number of rotatable bonds is 3. The van der Waals surface area contributed by atoms with Gasteiger partial charge in [-0.15, -0.1) is 0 Å². The van der Waals surface area contributed by atoms with Gasteiger partial charge in [0.15, 0.2) is 0 Å². The summed E-state index contributed by atoms with van der Waals surface area (Å²) in [4.78, 5) is 2.32. The third-order valence-electron chi connectivity index (χ3n) is 3.64. The molecule has 1 unspecified atom stereocenters. The van der Waals surface area contributed by atoms with Gasteiger partial charge in [0.1, 0.15) is 17.7 Å². The Balaban J connectivity index is 1.61. The first-order valence-electron chi connectivity index (χ1n) is 6.08. The summed E-state index contributed by atoms with van der Waals surface area (Å²) in [5.74, 6) is 0.668. The van der Waals surface area contributed by atoms with Crippen LogP contribution >= 0.6 is 0 Å². The zero-order valence-electron chi connectivity index (χ0n) is 9.95. The van der Waals surface area contributed by atoms with Crippen molar-refractivity contribution in [2.24, 2.45) is 0 Å². The summed E-state index contributed by atoms with van der Waals surface area (Å²) in [5.41, 5.74) is 0.995. The standard InChI is InChI=1S/C13H17FN2O/c1-16(11-6-15-7-11)8-12-5-9-4-10(14)2-3-13(9)17-12/h2-4,11-12,15H,5-8H2,1H3. The quantitative estimate of drug-likeness (QED) is 0.848. The minimum absolute atomic E-state index is 0.164. The van der Waals surface area contributed by atoms with Gasteiger partial charge in [-0.25, -0.2) is 4.39 Å². The lowest BCUT2D eigenvalue weighted by molar-refractivity contribution is 0.113. The van der Waals surface area contributed by atoms with Crippen molar-refractivity contribution in [2.75, 3.05) is 26.7 Å². The molecule has 3 nitrogen and oxygen atoms in total. The van der Waals surface area contributed by atoms with Crippen molar-refractivity contribution in [1.29, 1.82) is 0 Å². The van der Waals surface area contributed by atoms with E-state index < -0.39 is 0 Å². The van der Waals surface area contributed by atoms with Crippen molar-refractivity contribution in [3.05, 3.63) is 29.6 Å². The Morgan fingerprint density at radius 1 is 1.47 bits per heavy atom. The maximum atomic E-state index is 13.1. The van der Waals surface area contributed by atoms with Gasteiger partial charge in [-0.3, -0.25) is 4.90 Å². The average Bonchev–Trinajstić information content (AvgIpc) is 2.55. The van der Waals surface area contributed by atoms with Crippen molar-refractivity contribution in [2.45, 2.75) is 18.6 Å². The molecule has 0 saturated carbocycles. The van der Waals surface area contributed by atoms with Gasteiger partial charge in [-0.2, -0.15) is 0 Å². The summed E-state index contributed by atoms with van der Waals surface area (Å²) in [5, 5.41) is 3.26. The summed E-state index contributed by atoms with van der Waals surface area (Å²) in [6.07, 6.45) is 0.981. The molecular formula is C13H17FN2O. The molecule has 0 bridgehead atoms. The predicted molar refractivity (Wildman–Crippen MR) is 63.8 cm³/mol. The van der Waals surface area contributed by atoms with Crippen LogP contribution in [-0.4, -0.2) is 43.7 Å². The van der Waals surface area contributed by atoms with E-state index >= 15 is 0 Å². The van der Waals surface area contributed by atoms with Crippen LogP contribution in [0.5, 0.6) is 5.75 Å². The summed E-state index contributed by atoms with van der Waals surface area (Å²) in [6.45, 7) is 3.03. The van der Waals surface area contributed by atoms with Crippen molar-refractivity contribution >= 4 is 0 Å². The Labute approximate surface area is 101 Å². The van der Waals surface area contributed by atoms with E-state index in [1.54, 1.807) is 12.1 Å². The molecule has 4 heteroatoms. The second-order valence-corrected chi connectivity index (χ2v) is 4.95. The highest BCUT2D eigenvalue weighted by atomic mass is 19.1. The van der Waals surface area contributed by atoms with Crippen LogP contribution in [-0.2, 0) is 6.42 Å². The lowest BCUT2D eigenvalue weighted by Crippen LogP contribution is -2.57. The van der Waals surface area contributed by atoms with Gasteiger partial charge in [0.25, 0.3) is 0 Å². The van der Waals surface area contributed by atoms with Crippen LogP contribution in [0.25, 0.3) is 0 Å². The van der Waals surface area contributed by atoms with Crippen LogP contribution in [0.1, 0.15) is 5.56 Å². The molecule has 2 aliphatic heterocycles. The molecule has 0 radical (unpaired) electrons. The van der Waals surface area contributed by atoms with E-state index in [1.807, 2.05) is 0 Å². The number of benzene rings is 1. The van der Waals surface area contributed by atoms with Crippen LogP contribution in [0.3, 0.4) is 0 Å². The summed E-state index contributed by atoms with van der Waals surface area (Å²) in [6, 6.07) is 5.40. The fourth-order valence-corrected chi connectivity index (χ4v) is 2.45. The van der Waals surface area contributed by atoms with Crippen molar-refractivity contribution in [3.63, 3.8) is 0 Å². The summed E-state index contributed by atoms with van der Waals surface area (Å²) < 4.78 is 18.9. The summed E-state index contributed by atoms with van der Waals surface area (Å²) >= 11 is 0. The van der Waals surface area contributed by atoms with E-state index in [9.17, 15) is 4.39 Å². The molecule has 0 aromatic heterocycles. The third kappa shape index (κ3) is 2.15. The average molecular weight is 236 g/mol. The Hall–Kier alpha value is -1.13. The van der Waals surface area contributed by atoms with Crippen LogP contribution in [0.15, 0.2) is 18.2 Å². The Bertz CT molecular complexity index is 420. The van der Waals surface area contributed by atoms with E-state index in [0.29, 0.717) is 6.04 Å². The molecule has 1 atom stereocenters. The first-order chi connectivity index (χ1) is 8.22. The highest BCUT2D eigenvalue weighted by Gasteiger charge is 2.28. The number of fused-ring (bicyclic) bond motifs is 1. The third-order valence-corrected chi connectivity index (χ3v) is 3.64. The van der Waals surface area contributed by atoms with E-state index in [-0.39, 0.29) is 11.9 Å². The molecule has 1 aromatic carbocycles. The second kappa shape index (κ2) is 4.27. The van der Waals surface area contributed by atoms with Gasteiger partial charge in [0.05, 0.1) is 0 Å². The highest BCUT2D eigenvalue weighted by Crippen LogP contribution is 2.29. The monoisotopic (exact) mass is 236 g/mol. The lowest BCUT2D eigenvalue weighted by atomic mass is 10.1. The maximum Gasteiger partial charge on any atom is 0.123 e. The molecule has 1 N–H and O–H groups in total. The van der Waals surface area contributed by atoms with Gasteiger partial charge in [0.2, 0.25) is 0 Å². The minimum atomic E-state index is -0.176. The molecular weight excluding hydrogens is 219 g/mol. The topological polar surface area (TPSA) is 24.5 Å². The molecule has 17 heavy (non-hydrogen) atoms. The second-order valence-electron chi connectivity index (χ2n) is 4.95. The first kappa shape index (κ1) is 11.0. The van der Waals surface area contributed by atoms with Gasteiger partial charge < -0.3 is 10.1 Å². The van der Waals surface area contributed by atoms with Gasteiger partial charge in [-0.1, -0.05) is 0 Å². The van der Waals surface area contributed by atoms with Crippen molar-refractivity contribution < 1.29 is 9.13 Å². The first-order valence-corrected chi connectivity index (χ1v) is 6.08. The van der Waals surface area contributed by atoms with E-state index in [0.717, 1.165) is 37.4 Å². The molecule has 2 aliphatic rings. The molecule has 1 saturated heterocycles. The molecule has 0 amide bonds. The van der Waals surface area contributed by atoms with Gasteiger partial charge >= 0.3 is 0 Å². The SMILES string of the molecule is CN(CC1Cc2cc(F)ccc2O1)C1CNC1. The Morgan fingerprint density at radius 2 is 2.29 bits per heavy atom. The maximum absolute atomic E-state index is 13.1. The fourth-order valence-electron chi connectivity index (χ4n) is 2.45. The molecule has 0 aliphatic carbocycles. The zero-order chi connectivity index (χ0) is 11.8. The normalized spacial score (nSPS) is 23.4. The molecule has 92 valence electrons. The number of nitrogens with zero attached hydrogens (tertiary/aromatic N) is 1. The minimum Gasteiger partial charge on any atom is -0.488 e. The van der Waals surface area contributed by atoms with E-state index in [4.69, 9.17) is 4.74 Å². The number of hydrogen-bond acceptors (Lipinski definition) is 3. The van der Waals surface area contributed by atoms with E-state index in [1.165, 1.54) is 6.07 Å². The van der Waals surface area contributed by atoms with Crippen LogP contribution < -0.4 is 10.1 Å². The van der Waals surface area contributed by atoms with Gasteiger partial charge in [0, 0.05) is 37.7 Å². The molecule has 0 spiro atoms. The number of nitrogens with one attached hydrogen (secondary N) is 1. The lowest BCUT2D eigenvalue weighted by Gasteiger charge is -2.36. The molecule has 1 aromatic rings. The molecule has 2 heterocycles. The van der Waals surface area contributed by atoms with E-state index in [2.05, 4.69) is 17.3 Å². The zero-order valence-corrected chi connectivity index (χ0v) is 9.95. The number of halogens is 1. The highest BCUT2D eigenvalue weighted by molar-refractivity contribution is 5.37. The summed E-state index contributed by atoms with van der Waals surface area (Å²) in [7, 11) is 2.12. The molecule has 3 rings (SSSR count). The van der Waals surface area contributed by atoms with Crippen LogP contribution in [0.2, 0.25) is 0 Å².